The Morgan fingerprint density at radius 3 is 1.62 bits per heavy atom. The van der Waals surface area contributed by atoms with Crippen molar-refractivity contribution in [2.24, 2.45) is 0 Å². The van der Waals surface area contributed by atoms with E-state index in [0.29, 0.717) is 12.8 Å². The number of rotatable bonds is 8. The average molecular weight is 327 g/mol. The summed E-state index contributed by atoms with van der Waals surface area (Å²) in [6.07, 6.45) is 0.874. The number of halogens is 1. The summed E-state index contributed by atoms with van der Waals surface area (Å²) in [6.45, 7) is 13.0. The molecule has 0 radical (unpaired) electrons. The van der Waals surface area contributed by atoms with Crippen molar-refractivity contribution in [3.63, 3.8) is 0 Å². The van der Waals surface area contributed by atoms with Crippen molar-refractivity contribution in [2.45, 2.75) is 78.3 Å². The van der Waals surface area contributed by atoms with Gasteiger partial charge in [0.2, 0.25) is 5.79 Å². The highest BCUT2D eigenvalue weighted by Gasteiger charge is 2.33. The van der Waals surface area contributed by atoms with Gasteiger partial charge in [0.05, 0.1) is 17.8 Å². The van der Waals surface area contributed by atoms with Crippen LogP contribution in [0.2, 0.25) is 0 Å². The Kier molecular flexibility index (Phi) is 8.13. The van der Waals surface area contributed by atoms with Crippen molar-refractivity contribution in [2.75, 3.05) is 6.61 Å². The maximum Gasteiger partial charge on any atom is 0.403 e. The van der Waals surface area contributed by atoms with E-state index in [9.17, 15) is 4.79 Å². The Labute approximate surface area is 131 Å². The fraction of sp³-hybridized carbons (Fsp3) is 0.929. The van der Waals surface area contributed by atoms with E-state index in [0.717, 1.165) is 0 Å². The summed E-state index contributed by atoms with van der Waals surface area (Å²) < 4.78 is 4.66. The molecule has 126 valence electrons. The molecule has 0 aromatic carbocycles. The van der Waals surface area contributed by atoms with E-state index in [1.165, 1.54) is 0 Å². The lowest BCUT2D eigenvalue weighted by Gasteiger charge is -2.32. The van der Waals surface area contributed by atoms with Gasteiger partial charge < -0.3 is 4.74 Å². The molecule has 7 heteroatoms. The molecule has 0 aliphatic heterocycles. The second-order valence-electron chi connectivity index (χ2n) is 6.88. The lowest BCUT2D eigenvalue weighted by molar-refractivity contribution is -0.537. The molecule has 21 heavy (non-hydrogen) atoms. The van der Waals surface area contributed by atoms with E-state index in [-0.39, 0.29) is 6.61 Å². The Bertz CT molecular complexity index is 300. The highest BCUT2D eigenvalue weighted by Crippen LogP contribution is 2.25. The molecule has 0 fully saturated rings. The van der Waals surface area contributed by atoms with Gasteiger partial charge in [-0.05, 0) is 54.9 Å². The predicted molar refractivity (Wildman–Crippen MR) is 78.7 cm³/mol. The van der Waals surface area contributed by atoms with Crippen LogP contribution >= 0.6 is 11.6 Å². The third-order valence-corrected chi connectivity index (χ3v) is 2.04. The summed E-state index contributed by atoms with van der Waals surface area (Å²) in [6, 6.07) is 0. The number of hydrogen-bond acceptors (Lipinski definition) is 6. The van der Waals surface area contributed by atoms with Gasteiger partial charge in [0, 0.05) is 18.0 Å². The molecule has 0 amide bonds. The zero-order valence-corrected chi connectivity index (χ0v) is 14.7. The van der Waals surface area contributed by atoms with Crippen LogP contribution in [0.1, 0.15) is 61.3 Å². The summed E-state index contributed by atoms with van der Waals surface area (Å²) in [5, 5.41) is 0. The fourth-order valence-corrected chi connectivity index (χ4v) is 1.15. The summed E-state index contributed by atoms with van der Waals surface area (Å²) in [7, 11) is 0. The van der Waals surface area contributed by atoms with Gasteiger partial charge in [-0.15, -0.1) is 0 Å². The molecule has 0 spiro atoms. The molecule has 0 heterocycles. The van der Waals surface area contributed by atoms with Crippen molar-refractivity contribution in [3.8, 4) is 0 Å². The van der Waals surface area contributed by atoms with Gasteiger partial charge in [0.15, 0.2) is 0 Å². The smallest absolute Gasteiger partial charge is 0.403 e. The van der Waals surface area contributed by atoms with Gasteiger partial charge in [-0.3, -0.25) is 0 Å². The zero-order chi connectivity index (χ0) is 16.7. The van der Waals surface area contributed by atoms with Crippen molar-refractivity contribution < 1.29 is 29.1 Å². The van der Waals surface area contributed by atoms with Crippen LogP contribution in [0.15, 0.2) is 0 Å². The minimum atomic E-state index is -1.13. The molecular formula is C14H27ClO6. The van der Waals surface area contributed by atoms with Crippen molar-refractivity contribution in [3.05, 3.63) is 0 Å². The van der Waals surface area contributed by atoms with Crippen LogP contribution in [0.5, 0.6) is 0 Å². The molecule has 0 saturated heterocycles. The molecule has 0 N–H and O–H groups in total. The molecule has 0 aliphatic carbocycles. The first kappa shape index (κ1) is 20.6. The fourth-order valence-electron chi connectivity index (χ4n) is 1.07. The van der Waals surface area contributed by atoms with Gasteiger partial charge in [-0.2, -0.15) is 9.78 Å². The number of carbonyl (C=O) groups is 1. The second-order valence-corrected chi connectivity index (χ2v) is 7.19. The molecule has 0 bridgehead atoms. The zero-order valence-electron chi connectivity index (χ0n) is 13.9. The molecule has 0 rings (SSSR count). The molecular weight excluding hydrogens is 300 g/mol. The van der Waals surface area contributed by atoms with E-state index < -0.39 is 22.4 Å². The van der Waals surface area contributed by atoms with Gasteiger partial charge >= 0.3 is 5.43 Å². The minimum absolute atomic E-state index is 0.162. The molecule has 6 nitrogen and oxygen atoms in total. The highest BCUT2D eigenvalue weighted by atomic mass is 35.5. The number of hydrogen-bond donors (Lipinski definition) is 0. The van der Waals surface area contributed by atoms with Crippen LogP contribution in [-0.4, -0.2) is 29.0 Å². The van der Waals surface area contributed by atoms with Gasteiger partial charge in [-0.25, -0.2) is 14.6 Å². The number of carbonyl (C=O) groups excluding carboxylic acids is 1. The topological polar surface area (TPSA) is 63.2 Å². The molecule has 0 saturated carbocycles. The third kappa shape index (κ3) is 13.0. The summed E-state index contributed by atoms with van der Waals surface area (Å²) >= 11 is 5.10. The normalized spacial score (nSPS) is 13.3. The quantitative estimate of drug-likeness (QED) is 0.217. The lowest BCUT2D eigenvalue weighted by atomic mass is 10.2. The molecule has 0 aromatic rings. The molecule has 0 unspecified atom stereocenters. The third-order valence-electron chi connectivity index (χ3n) is 1.93. The van der Waals surface area contributed by atoms with Gasteiger partial charge in [0.25, 0.3) is 0 Å². The summed E-state index contributed by atoms with van der Waals surface area (Å²) in [5.41, 5.74) is -1.82. The summed E-state index contributed by atoms with van der Waals surface area (Å²) in [5.74, 6) is -1.13. The van der Waals surface area contributed by atoms with Gasteiger partial charge in [-0.1, -0.05) is 0 Å². The second kappa shape index (κ2) is 8.29. The first-order chi connectivity index (χ1) is 9.33. The van der Waals surface area contributed by atoms with E-state index >= 15 is 0 Å². The van der Waals surface area contributed by atoms with Crippen molar-refractivity contribution in [1.29, 1.82) is 0 Å². The number of ether oxygens (including phenoxy) is 1. The molecule has 0 atom stereocenters. The largest absolute Gasteiger partial charge is 0.454 e. The molecule has 0 aromatic heterocycles. The average Bonchev–Trinajstić information content (AvgIpc) is 2.28. The first-order valence-corrected chi connectivity index (χ1v) is 7.27. The Morgan fingerprint density at radius 2 is 1.29 bits per heavy atom. The molecule has 0 aliphatic rings. The van der Waals surface area contributed by atoms with E-state index in [2.05, 4.69) is 4.74 Å². The van der Waals surface area contributed by atoms with Crippen LogP contribution < -0.4 is 0 Å². The van der Waals surface area contributed by atoms with E-state index in [4.69, 9.17) is 31.2 Å². The van der Waals surface area contributed by atoms with E-state index in [1.54, 1.807) is 6.92 Å². The lowest BCUT2D eigenvalue weighted by Crippen LogP contribution is -2.38. The maximum absolute atomic E-state index is 10.5. The SMILES string of the molecule is CC(C)(C)OOC(C)(CCCOC(=O)Cl)OOC(C)(C)C. The maximum atomic E-state index is 10.5. The van der Waals surface area contributed by atoms with Crippen LogP contribution in [0, 0.1) is 0 Å². The Balaban J connectivity index is 4.47. The first-order valence-electron chi connectivity index (χ1n) is 6.89. The van der Waals surface area contributed by atoms with E-state index in [1.807, 2.05) is 41.5 Å². The van der Waals surface area contributed by atoms with Gasteiger partial charge in [0.1, 0.15) is 0 Å². The Hall–Kier alpha value is -0.400. The van der Waals surface area contributed by atoms with Crippen molar-refractivity contribution in [1.82, 2.24) is 0 Å². The van der Waals surface area contributed by atoms with Crippen LogP contribution in [0.4, 0.5) is 4.79 Å². The van der Waals surface area contributed by atoms with Crippen LogP contribution in [-0.2, 0) is 24.3 Å². The van der Waals surface area contributed by atoms with Crippen molar-refractivity contribution >= 4 is 17.0 Å². The minimum Gasteiger partial charge on any atom is -0.454 e. The predicted octanol–water partition coefficient (Wildman–Crippen LogP) is 4.35. The Morgan fingerprint density at radius 1 is 0.857 bits per heavy atom. The van der Waals surface area contributed by atoms with Crippen LogP contribution in [0.25, 0.3) is 0 Å². The summed E-state index contributed by atoms with van der Waals surface area (Å²) in [4.78, 5) is 31.9. The van der Waals surface area contributed by atoms with Crippen LogP contribution in [0.3, 0.4) is 0 Å². The standard InChI is InChI=1S/C14H27ClO6/c1-12(2,3)18-20-14(7,21-19-13(4,5)6)9-8-10-17-11(15)16/h8-10H2,1-7H3. The monoisotopic (exact) mass is 326 g/mol. The highest BCUT2D eigenvalue weighted by molar-refractivity contribution is 6.61.